The fourth-order valence-electron chi connectivity index (χ4n) is 0.997. The minimum Gasteiger partial charge on any atom is -0.396 e. The third-order valence-electron chi connectivity index (χ3n) is 1.76. The van der Waals surface area contributed by atoms with Gasteiger partial charge in [0.1, 0.15) is 16.5 Å². The highest BCUT2D eigenvalue weighted by Gasteiger charge is 2.20. The number of benzene rings is 1. The first-order valence-corrected chi connectivity index (χ1v) is 5.72. The van der Waals surface area contributed by atoms with Gasteiger partial charge in [-0.15, -0.1) is 6.58 Å². The van der Waals surface area contributed by atoms with E-state index in [9.17, 15) is 17.2 Å². The standard InChI is InChI=1S/C9H10F2N2O2S/c1-2-3-13-16(14,15)9-5-8(12)6(10)4-7(9)11/h2,4-5,13H,1,3,12H2. The molecule has 1 rings (SSSR count). The van der Waals surface area contributed by atoms with E-state index in [2.05, 4.69) is 6.58 Å². The predicted octanol–water partition coefficient (Wildman–Crippen LogP) is 1.01. The average Bonchev–Trinajstić information content (AvgIpc) is 2.20. The Hall–Kier alpha value is -1.47. The molecule has 3 N–H and O–H groups in total. The summed E-state index contributed by atoms with van der Waals surface area (Å²) < 4.78 is 51.1. The summed E-state index contributed by atoms with van der Waals surface area (Å²) in [6.45, 7) is 3.25. The molecule has 0 heterocycles. The number of nitrogen functional groups attached to an aromatic ring is 1. The van der Waals surface area contributed by atoms with E-state index in [0.29, 0.717) is 6.07 Å². The molecule has 0 aliphatic heterocycles. The maximum absolute atomic E-state index is 13.2. The van der Waals surface area contributed by atoms with Crippen LogP contribution in [0.15, 0.2) is 29.7 Å². The van der Waals surface area contributed by atoms with Crippen LogP contribution in [-0.2, 0) is 10.0 Å². The Bertz CT molecular complexity index is 514. The van der Waals surface area contributed by atoms with Gasteiger partial charge in [-0.25, -0.2) is 21.9 Å². The minimum absolute atomic E-state index is 0.0565. The number of halogens is 2. The molecule has 1 aromatic carbocycles. The van der Waals surface area contributed by atoms with Gasteiger partial charge in [-0.2, -0.15) is 0 Å². The fraction of sp³-hybridized carbons (Fsp3) is 0.111. The average molecular weight is 248 g/mol. The number of nitrogens with one attached hydrogen (secondary N) is 1. The van der Waals surface area contributed by atoms with E-state index in [1.54, 1.807) is 0 Å². The summed E-state index contributed by atoms with van der Waals surface area (Å²) in [5.41, 5.74) is 4.73. The Balaban J connectivity index is 3.23. The molecule has 88 valence electrons. The van der Waals surface area contributed by atoms with Crippen molar-refractivity contribution in [2.24, 2.45) is 0 Å². The van der Waals surface area contributed by atoms with Gasteiger partial charge in [-0.1, -0.05) is 6.08 Å². The van der Waals surface area contributed by atoms with Gasteiger partial charge in [0.15, 0.2) is 0 Å². The first-order valence-electron chi connectivity index (χ1n) is 4.23. The van der Waals surface area contributed by atoms with Crippen LogP contribution in [0.2, 0.25) is 0 Å². The molecule has 0 fully saturated rings. The lowest BCUT2D eigenvalue weighted by Crippen LogP contribution is -2.24. The second-order valence-corrected chi connectivity index (χ2v) is 4.68. The molecule has 4 nitrogen and oxygen atoms in total. The van der Waals surface area contributed by atoms with Crippen molar-refractivity contribution in [2.45, 2.75) is 4.90 Å². The van der Waals surface area contributed by atoms with E-state index in [1.165, 1.54) is 6.08 Å². The van der Waals surface area contributed by atoms with Gasteiger partial charge in [-0.05, 0) is 6.07 Å². The van der Waals surface area contributed by atoms with Crippen LogP contribution in [0.25, 0.3) is 0 Å². The SMILES string of the molecule is C=CCNS(=O)(=O)c1cc(N)c(F)cc1F. The molecule has 0 radical (unpaired) electrons. The van der Waals surface area contributed by atoms with Gasteiger partial charge < -0.3 is 5.73 Å². The normalized spacial score (nSPS) is 11.4. The van der Waals surface area contributed by atoms with Crippen molar-refractivity contribution in [3.05, 3.63) is 36.4 Å². The van der Waals surface area contributed by atoms with Crippen LogP contribution in [0.4, 0.5) is 14.5 Å². The third-order valence-corrected chi connectivity index (χ3v) is 3.20. The minimum atomic E-state index is -4.04. The van der Waals surface area contributed by atoms with E-state index in [-0.39, 0.29) is 6.54 Å². The number of sulfonamides is 1. The van der Waals surface area contributed by atoms with Crippen LogP contribution in [-0.4, -0.2) is 15.0 Å². The van der Waals surface area contributed by atoms with Crippen LogP contribution >= 0.6 is 0 Å². The van der Waals surface area contributed by atoms with Crippen molar-refractivity contribution in [1.82, 2.24) is 4.72 Å². The Morgan fingerprint density at radius 2 is 2.00 bits per heavy atom. The summed E-state index contributed by atoms with van der Waals surface area (Å²) in [6.07, 6.45) is 1.29. The Labute approximate surface area is 91.8 Å². The molecule has 0 aliphatic carbocycles. The largest absolute Gasteiger partial charge is 0.396 e. The van der Waals surface area contributed by atoms with E-state index in [0.717, 1.165) is 6.07 Å². The molecule has 0 amide bonds. The van der Waals surface area contributed by atoms with Crippen molar-refractivity contribution in [3.8, 4) is 0 Å². The number of hydrogen-bond donors (Lipinski definition) is 2. The second kappa shape index (κ2) is 4.58. The van der Waals surface area contributed by atoms with Gasteiger partial charge in [0.05, 0.1) is 5.69 Å². The lowest BCUT2D eigenvalue weighted by atomic mass is 10.3. The lowest BCUT2D eigenvalue weighted by molar-refractivity contribution is 0.546. The summed E-state index contributed by atoms with van der Waals surface area (Å²) in [4.78, 5) is -0.687. The van der Waals surface area contributed by atoms with Crippen LogP contribution < -0.4 is 10.5 Å². The van der Waals surface area contributed by atoms with Gasteiger partial charge >= 0.3 is 0 Å². The summed E-state index contributed by atoms with van der Waals surface area (Å²) in [6, 6.07) is 1.16. The summed E-state index contributed by atoms with van der Waals surface area (Å²) in [7, 11) is -4.04. The van der Waals surface area contributed by atoms with Gasteiger partial charge in [0.25, 0.3) is 0 Å². The molecule has 0 bridgehead atoms. The molecular weight excluding hydrogens is 238 g/mol. The van der Waals surface area contributed by atoms with Gasteiger partial charge in [0, 0.05) is 12.6 Å². The molecule has 7 heteroatoms. The number of anilines is 1. The first-order chi connectivity index (χ1) is 7.38. The zero-order valence-corrected chi connectivity index (χ0v) is 9.02. The van der Waals surface area contributed by atoms with E-state index in [1.807, 2.05) is 4.72 Å². The Kier molecular flexibility index (Phi) is 3.61. The zero-order chi connectivity index (χ0) is 12.3. The summed E-state index contributed by atoms with van der Waals surface area (Å²) in [5, 5.41) is 0. The van der Waals surface area contributed by atoms with Gasteiger partial charge in [0.2, 0.25) is 10.0 Å². The third kappa shape index (κ3) is 2.56. The van der Waals surface area contributed by atoms with Crippen molar-refractivity contribution in [1.29, 1.82) is 0 Å². The molecule has 1 aromatic rings. The van der Waals surface area contributed by atoms with Crippen LogP contribution in [0.1, 0.15) is 0 Å². The molecule has 16 heavy (non-hydrogen) atoms. The Morgan fingerprint density at radius 1 is 1.38 bits per heavy atom. The van der Waals surface area contributed by atoms with E-state index < -0.39 is 32.2 Å². The first kappa shape index (κ1) is 12.6. The monoisotopic (exact) mass is 248 g/mol. The molecular formula is C9H10F2N2O2S. The summed E-state index contributed by atoms with van der Waals surface area (Å²) in [5.74, 6) is -2.19. The lowest BCUT2D eigenvalue weighted by Gasteiger charge is -2.07. The summed E-state index contributed by atoms with van der Waals surface area (Å²) >= 11 is 0. The molecule has 0 atom stereocenters. The molecule has 0 spiro atoms. The Morgan fingerprint density at radius 3 is 2.56 bits per heavy atom. The molecule has 0 aromatic heterocycles. The quantitative estimate of drug-likeness (QED) is 0.617. The highest BCUT2D eigenvalue weighted by Crippen LogP contribution is 2.20. The van der Waals surface area contributed by atoms with Crippen LogP contribution in [0.5, 0.6) is 0 Å². The molecule has 0 saturated heterocycles. The highest BCUT2D eigenvalue weighted by atomic mass is 32.2. The van der Waals surface area contributed by atoms with Crippen molar-refractivity contribution in [3.63, 3.8) is 0 Å². The van der Waals surface area contributed by atoms with E-state index >= 15 is 0 Å². The maximum atomic E-state index is 13.2. The van der Waals surface area contributed by atoms with E-state index in [4.69, 9.17) is 5.73 Å². The number of hydrogen-bond acceptors (Lipinski definition) is 3. The van der Waals surface area contributed by atoms with Crippen LogP contribution in [0.3, 0.4) is 0 Å². The van der Waals surface area contributed by atoms with Gasteiger partial charge in [-0.3, -0.25) is 0 Å². The smallest absolute Gasteiger partial charge is 0.243 e. The zero-order valence-electron chi connectivity index (χ0n) is 8.20. The molecule has 0 unspecified atom stereocenters. The van der Waals surface area contributed by atoms with Crippen molar-refractivity contribution in [2.75, 3.05) is 12.3 Å². The fourth-order valence-corrected chi connectivity index (χ4v) is 2.09. The van der Waals surface area contributed by atoms with Crippen LogP contribution in [0, 0.1) is 11.6 Å². The molecule has 0 aliphatic rings. The van der Waals surface area contributed by atoms with Crippen molar-refractivity contribution >= 4 is 15.7 Å². The topological polar surface area (TPSA) is 72.2 Å². The number of rotatable bonds is 4. The maximum Gasteiger partial charge on any atom is 0.243 e. The molecule has 0 saturated carbocycles. The number of nitrogens with two attached hydrogens (primary N) is 1. The highest BCUT2D eigenvalue weighted by molar-refractivity contribution is 7.89. The predicted molar refractivity (Wildman–Crippen MR) is 56.2 cm³/mol. The second-order valence-electron chi connectivity index (χ2n) is 2.94. The van der Waals surface area contributed by atoms with Crippen molar-refractivity contribution < 1.29 is 17.2 Å².